The van der Waals surface area contributed by atoms with E-state index in [0.717, 1.165) is 39.1 Å². The molecule has 2 fully saturated rings. The van der Waals surface area contributed by atoms with Crippen molar-refractivity contribution in [2.45, 2.75) is 51.0 Å². The Kier molecular flexibility index (Phi) is 6.97. The fourth-order valence-corrected chi connectivity index (χ4v) is 6.56. The Morgan fingerprint density at radius 3 is 2.42 bits per heavy atom. The first-order valence-corrected chi connectivity index (χ1v) is 13.3. The van der Waals surface area contributed by atoms with E-state index in [1.54, 1.807) is 19.9 Å². The van der Waals surface area contributed by atoms with Crippen LogP contribution >= 0.6 is 0 Å². The van der Waals surface area contributed by atoms with Gasteiger partial charge in [0.1, 0.15) is 5.75 Å². The molecule has 0 aromatic heterocycles. The molecule has 2 amide bonds. The van der Waals surface area contributed by atoms with Crippen molar-refractivity contribution in [1.29, 1.82) is 0 Å². The minimum atomic E-state index is -3.74. The lowest BCUT2D eigenvalue weighted by molar-refractivity contribution is -0.138. The molecule has 1 aromatic carbocycles. The van der Waals surface area contributed by atoms with Gasteiger partial charge in [-0.05, 0) is 51.3 Å². The van der Waals surface area contributed by atoms with Crippen molar-refractivity contribution in [2.24, 2.45) is 5.92 Å². The molecule has 33 heavy (non-hydrogen) atoms. The number of anilines is 1. The number of amides is 2. The molecule has 1 aromatic rings. The number of nitrogens with one attached hydrogen (secondary N) is 1. The molecule has 2 saturated heterocycles. The number of hydrogen-bond donors (Lipinski definition) is 1. The second-order valence-corrected chi connectivity index (χ2v) is 11.1. The highest BCUT2D eigenvalue weighted by Gasteiger charge is 2.36. The SMILES string of the molecule is CCCN1CCN(C(=O)C2CCN(S(=O)(=O)c3cc4c(cc3C)NC(=O)C(C)O4)CC2)CC1. The molecule has 3 aliphatic rings. The molecule has 0 aliphatic carbocycles. The Hall–Kier alpha value is -2.17. The van der Waals surface area contributed by atoms with E-state index in [0.29, 0.717) is 42.9 Å². The summed E-state index contributed by atoms with van der Waals surface area (Å²) in [5.41, 5.74) is 1.04. The second-order valence-electron chi connectivity index (χ2n) is 9.21. The molecule has 3 aliphatic heterocycles. The lowest BCUT2D eigenvalue weighted by Crippen LogP contribution is -2.52. The molecule has 1 N–H and O–H groups in total. The van der Waals surface area contributed by atoms with E-state index in [-0.39, 0.29) is 22.6 Å². The van der Waals surface area contributed by atoms with E-state index in [1.165, 1.54) is 10.4 Å². The quantitative estimate of drug-likeness (QED) is 0.691. The van der Waals surface area contributed by atoms with Crippen LogP contribution in [0.3, 0.4) is 0 Å². The second kappa shape index (κ2) is 9.60. The van der Waals surface area contributed by atoms with Gasteiger partial charge in [0.25, 0.3) is 5.91 Å². The number of fused-ring (bicyclic) bond motifs is 1. The summed E-state index contributed by atoms with van der Waals surface area (Å²) < 4.78 is 33.9. The molecule has 0 saturated carbocycles. The number of carbonyl (C=O) groups excluding carboxylic acids is 2. The molecular formula is C23H34N4O5S. The van der Waals surface area contributed by atoms with Crippen LogP contribution in [-0.2, 0) is 19.6 Å². The molecule has 0 bridgehead atoms. The van der Waals surface area contributed by atoms with E-state index < -0.39 is 16.1 Å². The van der Waals surface area contributed by atoms with E-state index in [9.17, 15) is 18.0 Å². The third-order valence-electron chi connectivity index (χ3n) is 6.85. The minimum Gasteiger partial charge on any atom is -0.479 e. The monoisotopic (exact) mass is 478 g/mol. The maximum atomic E-state index is 13.4. The molecular weight excluding hydrogens is 444 g/mol. The number of piperidine rings is 1. The fraction of sp³-hybridized carbons (Fsp3) is 0.652. The van der Waals surface area contributed by atoms with Crippen molar-refractivity contribution in [3.8, 4) is 5.75 Å². The highest BCUT2D eigenvalue weighted by atomic mass is 32.2. The van der Waals surface area contributed by atoms with Gasteiger partial charge in [-0.3, -0.25) is 14.5 Å². The van der Waals surface area contributed by atoms with Gasteiger partial charge in [-0.1, -0.05) is 6.92 Å². The summed E-state index contributed by atoms with van der Waals surface area (Å²) in [4.78, 5) is 29.4. The maximum Gasteiger partial charge on any atom is 0.265 e. The van der Waals surface area contributed by atoms with Gasteiger partial charge in [-0.25, -0.2) is 8.42 Å². The Labute approximate surface area is 196 Å². The number of rotatable bonds is 5. The van der Waals surface area contributed by atoms with Crippen LogP contribution in [0.5, 0.6) is 5.75 Å². The predicted molar refractivity (Wildman–Crippen MR) is 125 cm³/mol. The van der Waals surface area contributed by atoms with E-state index >= 15 is 0 Å². The normalized spacial score (nSPS) is 23.1. The van der Waals surface area contributed by atoms with Crippen LogP contribution in [0.15, 0.2) is 17.0 Å². The third kappa shape index (κ3) is 4.88. The molecule has 1 unspecified atom stereocenters. The maximum absolute atomic E-state index is 13.4. The highest BCUT2D eigenvalue weighted by Crippen LogP contribution is 2.36. The van der Waals surface area contributed by atoms with E-state index in [4.69, 9.17) is 4.74 Å². The molecule has 1 atom stereocenters. The van der Waals surface area contributed by atoms with Gasteiger partial charge in [-0.2, -0.15) is 4.31 Å². The Balaban J connectivity index is 1.40. The van der Waals surface area contributed by atoms with Crippen LogP contribution in [0.2, 0.25) is 0 Å². The molecule has 182 valence electrons. The lowest BCUT2D eigenvalue weighted by Gasteiger charge is -2.38. The topological polar surface area (TPSA) is 99.3 Å². The van der Waals surface area contributed by atoms with Crippen molar-refractivity contribution in [1.82, 2.24) is 14.1 Å². The molecule has 0 radical (unpaired) electrons. The van der Waals surface area contributed by atoms with E-state index in [1.807, 2.05) is 4.90 Å². The number of carbonyl (C=O) groups is 2. The molecule has 3 heterocycles. The molecule has 9 nitrogen and oxygen atoms in total. The number of sulfonamides is 1. The zero-order valence-corrected chi connectivity index (χ0v) is 20.5. The van der Waals surface area contributed by atoms with Gasteiger partial charge in [-0.15, -0.1) is 0 Å². The first kappa shape index (κ1) is 24.0. The van der Waals surface area contributed by atoms with Gasteiger partial charge in [0.05, 0.1) is 10.6 Å². The number of ether oxygens (including phenoxy) is 1. The van der Waals surface area contributed by atoms with Gasteiger partial charge < -0.3 is 15.0 Å². The summed E-state index contributed by atoms with van der Waals surface area (Å²) in [6, 6.07) is 3.14. The van der Waals surface area contributed by atoms with Crippen LogP contribution in [0.25, 0.3) is 0 Å². The van der Waals surface area contributed by atoms with Gasteiger partial charge in [0.2, 0.25) is 15.9 Å². The van der Waals surface area contributed by atoms with Gasteiger partial charge in [0, 0.05) is 51.3 Å². The number of nitrogens with zero attached hydrogens (tertiary/aromatic N) is 3. The van der Waals surface area contributed by atoms with Crippen LogP contribution in [0.4, 0.5) is 5.69 Å². The average Bonchev–Trinajstić information content (AvgIpc) is 2.80. The Bertz CT molecular complexity index is 1010. The number of benzene rings is 1. The van der Waals surface area contributed by atoms with Crippen LogP contribution in [0.1, 0.15) is 38.7 Å². The van der Waals surface area contributed by atoms with E-state index in [2.05, 4.69) is 17.1 Å². The first-order chi connectivity index (χ1) is 15.7. The first-order valence-electron chi connectivity index (χ1n) is 11.8. The summed E-state index contributed by atoms with van der Waals surface area (Å²) >= 11 is 0. The predicted octanol–water partition coefficient (Wildman–Crippen LogP) is 1.67. The lowest BCUT2D eigenvalue weighted by atomic mass is 9.96. The van der Waals surface area contributed by atoms with Crippen molar-refractivity contribution in [3.63, 3.8) is 0 Å². The fourth-order valence-electron chi connectivity index (χ4n) is 4.87. The van der Waals surface area contributed by atoms with Crippen molar-refractivity contribution in [2.75, 3.05) is 51.1 Å². The summed E-state index contributed by atoms with van der Waals surface area (Å²) in [6.45, 7) is 10.5. The number of piperazine rings is 1. The van der Waals surface area contributed by atoms with Crippen LogP contribution < -0.4 is 10.1 Å². The smallest absolute Gasteiger partial charge is 0.265 e. The minimum absolute atomic E-state index is 0.127. The number of aryl methyl sites for hydroxylation is 1. The molecule has 4 rings (SSSR count). The van der Waals surface area contributed by atoms with Crippen molar-refractivity contribution < 1.29 is 22.7 Å². The van der Waals surface area contributed by atoms with Crippen LogP contribution in [-0.4, -0.2) is 86.3 Å². The van der Waals surface area contributed by atoms with Gasteiger partial charge >= 0.3 is 0 Å². The highest BCUT2D eigenvalue weighted by molar-refractivity contribution is 7.89. The van der Waals surface area contributed by atoms with Crippen LogP contribution in [0, 0.1) is 12.8 Å². The molecule has 0 spiro atoms. The average molecular weight is 479 g/mol. The van der Waals surface area contributed by atoms with Crippen molar-refractivity contribution >= 4 is 27.5 Å². The van der Waals surface area contributed by atoms with Gasteiger partial charge in [0.15, 0.2) is 6.10 Å². The number of hydrogen-bond acceptors (Lipinski definition) is 6. The van der Waals surface area contributed by atoms with Crippen molar-refractivity contribution in [3.05, 3.63) is 17.7 Å². The third-order valence-corrected chi connectivity index (χ3v) is 8.89. The zero-order chi connectivity index (χ0) is 23.8. The largest absolute Gasteiger partial charge is 0.479 e. The molecule has 10 heteroatoms. The summed E-state index contributed by atoms with van der Waals surface area (Å²) in [7, 11) is -3.74. The Morgan fingerprint density at radius 2 is 1.79 bits per heavy atom. The summed E-state index contributed by atoms with van der Waals surface area (Å²) in [5.74, 6) is 0.138. The Morgan fingerprint density at radius 1 is 1.12 bits per heavy atom. The standard InChI is InChI=1S/C23H34N4O5S/c1-4-7-25-10-12-26(13-11-25)23(29)18-5-8-27(9-6-18)33(30,31)21-15-20-19(14-16(21)2)24-22(28)17(3)32-20/h14-15,17-18H,4-13H2,1-3H3,(H,24,28). The summed E-state index contributed by atoms with van der Waals surface area (Å²) in [5, 5.41) is 2.75. The summed E-state index contributed by atoms with van der Waals surface area (Å²) in [6.07, 6.45) is 1.49. The zero-order valence-electron chi connectivity index (χ0n) is 19.7.